The number of nitrogens with zero attached hydrogens (tertiary/aromatic N) is 3. The molecule has 1 fully saturated rings. The number of aliphatic hydroxyl groups excluding tert-OH is 2. The quantitative estimate of drug-likeness (QED) is 0.0256. The standard InChI is InChI=1S/C59H80N4O13/c1-6-8-9-10-11-12-13-14-15-18-31-60-56(66)73-45-28-30-50-48(37-45)54-46(22-17-20-33-65)42(21-16-19-32-64)36-47-49(61-76-58(3,4)5)38-53(59(75-50,55(47)54)72-34-7-2)62(39-41-23-29-51-52(35-41)71-40-70-51)57(67)74-44-26-24-43(25-27-44)63(68)69/h7,23-30,35-37,42,46,53-55,64-65H,2,6,8-22,31-34,38-40H2,1,3-5H3,(H,60,66)/t42-,46+,53-,54+,55+,59+/m0/s1. The van der Waals surface area contributed by atoms with Gasteiger partial charge in [-0.2, -0.15) is 0 Å². The van der Waals surface area contributed by atoms with Gasteiger partial charge in [0.15, 0.2) is 11.5 Å². The zero-order valence-electron chi connectivity index (χ0n) is 45.0. The first-order chi connectivity index (χ1) is 36.8. The molecule has 17 heteroatoms. The molecule has 0 unspecified atom stereocenters. The van der Waals surface area contributed by atoms with Crippen molar-refractivity contribution in [3.8, 4) is 28.7 Å². The topological polar surface area (TPSA) is 210 Å². The number of rotatable bonds is 29. The fourth-order valence-electron chi connectivity index (χ4n) is 11.2. The van der Waals surface area contributed by atoms with Crippen molar-refractivity contribution < 1.29 is 58.0 Å². The number of amides is 2. The number of hydrogen-bond acceptors (Lipinski definition) is 14. The van der Waals surface area contributed by atoms with Crippen LogP contribution in [0, 0.1) is 27.9 Å². The van der Waals surface area contributed by atoms with Crippen molar-refractivity contribution in [3.05, 3.63) is 106 Å². The monoisotopic (exact) mass is 1050 g/mol. The van der Waals surface area contributed by atoms with Crippen molar-refractivity contribution in [1.82, 2.24) is 10.2 Å². The average molecular weight is 1050 g/mol. The Morgan fingerprint density at radius 2 is 1.53 bits per heavy atom. The van der Waals surface area contributed by atoms with E-state index in [0.29, 0.717) is 66.5 Å². The summed E-state index contributed by atoms with van der Waals surface area (Å²) in [4.78, 5) is 47.7. The number of oxime groups is 1. The summed E-state index contributed by atoms with van der Waals surface area (Å²) < 4.78 is 38.2. The van der Waals surface area contributed by atoms with E-state index in [9.17, 15) is 25.1 Å². The Kier molecular flexibility index (Phi) is 21.0. The van der Waals surface area contributed by atoms with E-state index in [-0.39, 0.29) is 62.9 Å². The molecule has 3 aromatic rings. The molecule has 0 radical (unpaired) electrons. The van der Waals surface area contributed by atoms with E-state index in [0.717, 1.165) is 43.2 Å². The second kappa shape index (κ2) is 27.7. The van der Waals surface area contributed by atoms with Crippen LogP contribution in [0.3, 0.4) is 0 Å². The number of fused-ring (bicyclic) bond motifs is 3. The van der Waals surface area contributed by atoms with Crippen LogP contribution in [0.15, 0.2) is 90.1 Å². The third-order valence-corrected chi connectivity index (χ3v) is 14.7. The molecule has 0 spiro atoms. The molecule has 3 aromatic carbocycles. The first-order valence-corrected chi connectivity index (χ1v) is 27.6. The summed E-state index contributed by atoms with van der Waals surface area (Å²) in [6.07, 6.45) is 18.5. The number of non-ortho nitro benzene ring substituents is 1. The fourth-order valence-corrected chi connectivity index (χ4v) is 11.2. The minimum atomic E-state index is -1.66. The molecular weight excluding hydrogens is 973 g/mol. The smallest absolute Gasteiger partial charge is 0.416 e. The largest absolute Gasteiger partial charge is 0.459 e. The highest BCUT2D eigenvalue weighted by molar-refractivity contribution is 6.03. The molecule has 6 atom stereocenters. The molecule has 1 saturated carbocycles. The molecule has 0 saturated heterocycles. The predicted octanol–water partition coefficient (Wildman–Crippen LogP) is 12.5. The van der Waals surface area contributed by atoms with Gasteiger partial charge in [-0.3, -0.25) is 15.0 Å². The zero-order chi connectivity index (χ0) is 54.1. The Hall–Kier alpha value is -6.17. The molecule has 76 heavy (non-hydrogen) atoms. The van der Waals surface area contributed by atoms with Crippen LogP contribution < -0.4 is 29.0 Å². The summed E-state index contributed by atoms with van der Waals surface area (Å²) in [6.45, 7) is 12.6. The molecule has 4 aliphatic rings. The zero-order valence-corrected chi connectivity index (χ0v) is 45.0. The lowest BCUT2D eigenvalue weighted by atomic mass is 9.55. The van der Waals surface area contributed by atoms with Crippen LogP contribution in [0.25, 0.3) is 0 Å². The lowest BCUT2D eigenvalue weighted by Crippen LogP contribution is -2.70. The van der Waals surface area contributed by atoms with Gasteiger partial charge in [0.05, 0.1) is 23.2 Å². The summed E-state index contributed by atoms with van der Waals surface area (Å²) in [5.74, 6) is -0.967. The lowest BCUT2D eigenvalue weighted by Gasteiger charge is -2.59. The molecule has 2 heterocycles. The van der Waals surface area contributed by atoms with E-state index in [1.807, 2.05) is 32.9 Å². The number of aliphatic hydroxyl groups is 2. The maximum Gasteiger partial charge on any atom is 0.416 e. The van der Waals surface area contributed by atoms with Gasteiger partial charge in [-0.1, -0.05) is 101 Å². The van der Waals surface area contributed by atoms with Crippen LogP contribution in [-0.4, -0.2) is 88.5 Å². The van der Waals surface area contributed by atoms with Gasteiger partial charge < -0.3 is 48.8 Å². The van der Waals surface area contributed by atoms with E-state index < -0.39 is 46.4 Å². The van der Waals surface area contributed by atoms with Gasteiger partial charge in [0.2, 0.25) is 12.6 Å². The Morgan fingerprint density at radius 3 is 2.21 bits per heavy atom. The molecule has 2 amide bonds. The summed E-state index contributed by atoms with van der Waals surface area (Å²) in [5, 5.41) is 39.6. The van der Waals surface area contributed by atoms with Crippen molar-refractivity contribution in [2.45, 2.75) is 167 Å². The summed E-state index contributed by atoms with van der Waals surface area (Å²) in [6, 6.07) is 15.1. The van der Waals surface area contributed by atoms with Gasteiger partial charge in [0, 0.05) is 56.3 Å². The van der Waals surface area contributed by atoms with Crippen molar-refractivity contribution in [2.75, 3.05) is 33.2 Å². The number of carbonyl (C=O) groups is 2. The highest BCUT2D eigenvalue weighted by atomic mass is 16.7. The third kappa shape index (κ3) is 14.8. The fraction of sp³-hybridized carbons (Fsp3) is 0.576. The molecule has 17 nitrogen and oxygen atoms in total. The lowest BCUT2D eigenvalue weighted by molar-refractivity contribution is -0.384. The Morgan fingerprint density at radius 1 is 0.855 bits per heavy atom. The van der Waals surface area contributed by atoms with Crippen LogP contribution in [0.5, 0.6) is 28.7 Å². The SMILES string of the molecule is C=CCO[C@@]12Oc3ccc(OC(=O)NCCCCCCCCCCCC)cc3[C@H]3[C@H](CCCCO)[C@@H](CCCCO)C=C(C(=NOC(C)(C)C)C[C@@H]1N(Cc1ccc4c(c1)OCO4)C(=O)Oc1ccc([N+](=O)[O-])cc1)[C@H]32. The van der Waals surface area contributed by atoms with E-state index in [4.69, 9.17) is 38.4 Å². The maximum atomic E-state index is 15.3. The molecule has 0 bridgehead atoms. The van der Waals surface area contributed by atoms with E-state index in [2.05, 4.69) is 24.9 Å². The predicted molar refractivity (Wildman–Crippen MR) is 289 cm³/mol. The second-order valence-corrected chi connectivity index (χ2v) is 21.4. The van der Waals surface area contributed by atoms with Crippen LogP contribution in [-0.2, 0) is 16.1 Å². The van der Waals surface area contributed by atoms with Crippen molar-refractivity contribution in [2.24, 2.45) is 22.9 Å². The van der Waals surface area contributed by atoms with E-state index in [1.54, 1.807) is 35.2 Å². The summed E-state index contributed by atoms with van der Waals surface area (Å²) >= 11 is 0. The minimum Gasteiger partial charge on any atom is -0.459 e. The van der Waals surface area contributed by atoms with Crippen LogP contribution >= 0.6 is 0 Å². The van der Waals surface area contributed by atoms with Gasteiger partial charge >= 0.3 is 12.2 Å². The Labute approximate surface area is 448 Å². The number of benzene rings is 3. The van der Waals surface area contributed by atoms with Crippen LogP contribution in [0.2, 0.25) is 0 Å². The Balaban J connectivity index is 1.32. The van der Waals surface area contributed by atoms with E-state index >= 15 is 4.79 Å². The number of ether oxygens (including phenoxy) is 6. The molecule has 414 valence electrons. The molecule has 2 aliphatic heterocycles. The molecule has 0 aromatic heterocycles. The Bertz CT molecular complexity index is 2470. The number of allylic oxidation sites excluding steroid dienone is 1. The number of nitro benzene ring substituents is 1. The van der Waals surface area contributed by atoms with Gasteiger partial charge in [-0.25, -0.2) is 9.59 Å². The summed E-state index contributed by atoms with van der Waals surface area (Å²) in [7, 11) is 0. The average Bonchev–Trinajstić information content (AvgIpc) is 3.97. The second-order valence-electron chi connectivity index (χ2n) is 21.4. The first-order valence-electron chi connectivity index (χ1n) is 27.6. The van der Waals surface area contributed by atoms with Crippen LogP contribution in [0.4, 0.5) is 15.3 Å². The van der Waals surface area contributed by atoms with Crippen molar-refractivity contribution >= 4 is 23.6 Å². The normalized spacial score (nSPS) is 21.6. The molecule has 2 aliphatic carbocycles. The van der Waals surface area contributed by atoms with Crippen molar-refractivity contribution in [1.29, 1.82) is 0 Å². The number of nitro groups is 1. The van der Waals surface area contributed by atoms with Gasteiger partial charge in [0.25, 0.3) is 5.69 Å². The van der Waals surface area contributed by atoms with E-state index in [1.165, 1.54) is 69.2 Å². The first kappa shape index (κ1) is 57.5. The highest BCUT2D eigenvalue weighted by Crippen LogP contribution is 2.62. The van der Waals surface area contributed by atoms with Crippen molar-refractivity contribution in [3.63, 3.8) is 0 Å². The summed E-state index contributed by atoms with van der Waals surface area (Å²) in [5.41, 5.74) is 1.96. The molecule has 7 rings (SSSR count). The number of nitrogens with one attached hydrogen (secondary N) is 1. The highest BCUT2D eigenvalue weighted by Gasteiger charge is 2.66. The van der Waals surface area contributed by atoms with Gasteiger partial charge in [0.1, 0.15) is 28.9 Å². The number of hydrogen-bond donors (Lipinski definition) is 3. The number of carbonyl (C=O) groups excluding carboxylic acids is 2. The minimum absolute atomic E-state index is 0.0120. The van der Waals surface area contributed by atoms with Gasteiger partial charge in [-0.05, 0) is 118 Å². The molecule has 3 N–H and O–H groups in total. The maximum absolute atomic E-state index is 15.3. The van der Waals surface area contributed by atoms with Crippen LogP contribution in [0.1, 0.15) is 154 Å². The molecular formula is C59H80N4O13. The third-order valence-electron chi connectivity index (χ3n) is 14.7. The number of unbranched alkanes of at least 4 members (excludes halogenated alkanes) is 11. The van der Waals surface area contributed by atoms with Gasteiger partial charge in [-0.15, -0.1) is 6.58 Å².